The monoisotopic (exact) mass is 381 g/mol. The predicted octanol–water partition coefficient (Wildman–Crippen LogP) is 3.35. The molecule has 0 spiro atoms. The molecule has 1 heterocycles. The second kappa shape index (κ2) is 7.95. The third-order valence-electron chi connectivity index (χ3n) is 3.74. The fraction of sp³-hybridized carbons (Fsp3) is 0.278. The molecule has 0 saturated carbocycles. The average Bonchev–Trinajstić information content (AvgIpc) is 2.65. The zero-order valence-electron chi connectivity index (χ0n) is 13.3. The number of hydrogen-bond acceptors (Lipinski definition) is 5. The molecule has 1 atom stereocenters. The molecule has 0 fully saturated rings. The molecule has 0 aliphatic carbocycles. The summed E-state index contributed by atoms with van der Waals surface area (Å²) in [6.45, 7) is 1.09. The van der Waals surface area contributed by atoms with E-state index < -0.39 is 6.10 Å². The number of carbonyl (C=O) groups is 1. The Morgan fingerprint density at radius 3 is 2.44 bits per heavy atom. The summed E-state index contributed by atoms with van der Waals surface area (Å²) in [4.78, 5) is 12.9. The van der Waals surface area contributed by atoms with Gasteiger partial charge in [0.15, 0.2) is 17.3 Å². The maximum absolute atomic E-state index is 12.9. The molecule has 0 aromatic heterocycles. The van der Waals surface area contributed by atoms with Gasteiger partial charge in [-0.2, -0.15) is 0 Å². The highest BCUT2D eigenvalue weighted by Crippen LogP contribution is 2.36. The van der Waals surface area contributed by atoms with Crippen LogP contribution in [0.2, 0.25) is 5.02 Å². The van der Waals surface area contributed by atoms with Gasteiger partial charge in [0.2, 0.25) is 0 Å². The molecule has 2 aromatic carbocycles. The minimum atomic E-state index is -0.728. The number of anilines is 1. The first kappa shape index (κ1) is 17.9. The van der Waals surface area contributed by atoms with Crippen LogP contribution in [-0.2, 0) is 0 Å². The summed E-state index contributed by atoms with van der Waals surface area (Å²) >= 11 is 11.5. The number of rotatable bonds is 6. The Labute approximate surface area is 155 Å². The van der Waals surface area contributed by atoms with E-state index in [4.69, 9.17) is 32.7 Å². The van der Waals surface area contributed by atoms with Crippen molar-refractivity contribution in [2.24, 2.45) is 0 Å². The van der Waals surface area contributed by atoms with Gasteiger partial charge in [0.1, 0.15) is 13.2 Å². The first-order valence-corrected chi connectivity index (χ1v) is 8.71. The molecular formula is C18H17Cl2NO4. The van der Waals surface area contributed by atoms with Gasteiger partial charge in [-0.25, -0.2) is 0 Å². The third-order valence-corrected chi connectivity index (χ3v) is 4.35. The van der Waals surface area contributed by atoms with Crippen molar-refractivity contribution < 1.29 is 19.4 Å². The van der Waals surface area contributed by atoms with E-state index >= 15 is 0 Å². The summed E-state index contributed by atoms with van der Waals surface area (Å²) in [5.74, 6) is 0.989. The van der Waals surface area contributed by atoms with Crippen LogP contribution in [0.15, 0.2) is 36.4 Å². The largest absolute Gasteiger partial charge is 0.486 e. The van der Waals surface area contributed by atoms with E-state index in [1.54, 1.807) is 36.4 Å². The minimum Gasteiger partial charge on any atom is -0.486 e. The van der Waals surface area contributed by atoms with Crippen LogP contribution in [0, 0.1) is 0 Å². The zero-order chi connectivity index (χ0) is 17.8. The Kier molecular flexibility index (Phi) is 5.68. The molecule has 0 amide bonds. The molecule has 2 N–H and O–H groups in total. The number of halogens is 2. The Balaban J connectivity index is 1.96. The molecule has 7 heteroatoms. The molecule has 0 bridgehead atoms. The van der Waals surface area contributed by atoms with Gasteiger partial charge < -0.3 is 19.9 Å². The molecule has 3 rings (SSSR count). The highest BCUT2D eigenvalue weighted by molar-refractivity contribution is 6.30. The van der Waals surface area contributed by atoms with Gasteiger partial charge in [0.05, 0.1) is 12.0 Å². The number of benzene rings is 2. The quantitative estimate of drug-likeness (QED) is 0.593. The summed E-state index contributed by atoms with van der Waals surface area (Å²) in [5.41, 5.74) is 1.48. The SMILES string of the molecule is O=C(c1ccc(Cl)cc1)c1cc2c(cc1NCC(O)CCl)OCCO2. The Bertz CT molecular complexity index is 764. The van der Waals surface area contributed by atoms with Gasteiger partial charge >= 0.3 is 0 Å². The number of ether oxygens (including phenoxy) is 2. The summed E-state index contributed by atoms with van der Waals surface area (Å²) < 4.78 is 11.1. The summed E-state index contributed by atoms with van der Waals surface area (Å²) in [5, 5.41) is 13.3. The fourth-order valence-electron chi connectivity index (χ4n) is 2.46. The van der Waals surface area contributed by atoms with Crippen LogP contribution in [0.3, 0.4) is 0 Å². The van der Waals surface area contributed by atoms with Crippen molar-refractivity contribution in [2.45, 2.75) is 6.10 Å². The maximum atomic E-state index is 12.9. The molecule has 132 valence electrons. The number of ketones is 1. The number of aliphatic hydroxyl groups is 1. The second-order valence-electron chi connectivity index (χ2n) is 5.57. The van der Waals surface area contributed by atoms with Gasteiger partial charge in [-0.05, 0) is 30.3 Å². The molecule has 2 aromatic rings. The molecule has 0 radical (unpaired) electrons. The van der Waals surface area contributed by atoms with Crippen LogP contribution < -0.4 is 14.8 Å². The topological polar surface area (TPSA) is 67.8 Å². The van der Waals surface area contributed by atoms with Crippen LogP contribution >= 0.6 is 23.2 Å². The maximum Gasteiger partial charge on any atom is 0.195 e. The Hall–Kier alpha value is -1.95. The van der Waals surface area contributed by atoms with Crippen molar-refractivity contribution in [3.63, 3.8) is 0 Å². The molecule has 0 saturated heterocycles. The van der Waals surface area contributed by atoms with E-state index in [2.05, 4.69) is 5.32 Å². The van der Waals surface area contributed by atoms with Crippen molar-refractivity contribution in [3.05, 3.63) is 52.5 Å². The van der Waals surface area contributed by atoms with Crippen molar-refractivity contribution >= 4 is 34.7 Å². The summed E-state index contributed by atoms with van der Waals surface area (Å²) in [6.07, 6.45) is -0.728. The third kappa shape index (κ3) is 4.18. The van der Waals surface area contributed by atoms with Crippen molar-refractivity contribution in [1.29, 1.82) is 0 Å². The highest BCUT2D eigenvalue weighted by atomic mass is 35.5. The van der Waals surface area contributed by atoms with Crippen LogP contribution in [0.1, 0.15) is 15.9 Å². The van der Waals surface area contributed by atoms with Gasteiger partial charge in [-0.1, -0.05) is 11.6 Å². The van der Waals surface area contributed by atoms with Crippen molar-refractivity contribution in [1.82, 2.24) is 0 Å². The van der Waals surface area contributed by atoms with Gasteiger partial charge in [-0.15, -0.1) is 11.6 Å². The predicted molar refractivity (Wildman–Crippen MR) is 97.5 cm³/mol. The van der Waals surface area contributed by atoms with Crippen LogP contribution in [0.25, 0.3) is 0 Å². The van der Waals surface area contributed by atoms with E-state index in [1.807, 2.05) is 0 Å². The van der Waals surface area contributed by atoms with Crippen LogP contribution in [0.5, 0.6) is 11.5 Å². The van der Waals surface area contributed by atoms with E-state index in [0.717, 1.165) is 0 Å². The number of aliphatic hydroxyl groups excluding tert-OH is 1. The van der Waals surface area contributed by atoms with Gasteiger partial charge in [0, 0.05) is 34.4 Å². The number of fused-ring (bicyclic) bond motifs is 1. The lowest BCUT2D eigenvalue weighted by atomic mass is 10.0. The number of hydrogen-bond donors (Lipinski definition) is 2. The van der Waals surface area contributed by atoms with E-state index in [1.165, 1.54) is 0 Å². The molecule has 1 unspecified atom stereocenters. The number of carbonyl (C=O) groups excluding carboxylic acids is 1. The molecule has 1 aliphatic rings. The van der Waals surface area contributed by atoms with Crippen molar-refractivity contribution in [2.75, 3.05) is 31.0 Å². The Morgan fingerprint density at radius 2 is 1.80 bits per heavy atom. The van der Waals surface area contributed by atoms with E-state index in [0.29, 0.717) is 46.5 Å². The van der Waals surface area contributed by atoms with Crippen LogP contribution in [-0.4, -0.2) is 42.6 Å². The molecule has 1 aliphatic heterocycles. The van der Waals surface area contributed by atoms with Gasteiger partial charge in [0.25, 0.3) is 0 Å². The van der Waals surface area contributed by atoms with E-state index in [-0.39, 0.29) is 18.2 Å². The lowest BCUT2D eigenvalue weighted by molar-refractivity contribution is 0.103. The smallest absolute Gasteiger partial charge is 0.195 e. The first-order valence-electron chi connectivity index (χ1n) is 7.80. The fourth-order valence-corrected chi connectivity index (χ4v) is 2.70. The lowest BCUT2D eigenvalue weighted by Gasteiger charge is -2.22. The standard InChI is InChI=1S/C18H17Cl2NO4/c19-9-13(22)10-21-15-8-17-16(24-5-6-25-17)7-14(15)18(23)11-1-3-12(20)4-2-11/h1-4,7-8,13,21-22H,5-6,9-10H2. The second-order valence-corrected chi connectivity index (χ2v) is 6.31. The van der Waals surface area contributed by atoms with E-state index in [9.17, 15) is 9.90 Å². The minimum absolute atomic E-state index is 0.0953. The zero-order valence-corrected chi connectivity index (χ0v) is 14.8. The lowest BCUT2D eigenvalue weighted by Crippen LogP contribution is -2.22. The summed E-state index contributed by atoms with van der Waals surface area (Å²) in [7, 11) is 0. The first-order chi connectivity index (χ1) is 12.1. The van der Waals surface area contributed by atoms with Crippen LogP contribution in [0.4, 0.5) is 5.69 Å². The molecule has 25 heavy (non-hydrogen) atoms. The molecular weight excluding hydrogens is 365 g/mol. The van der Waals surface area contributed by atoms with Gasteiger partial charge in [-0.3, -0.25) is 4.79 Å². The number of alkyl halides is 1. The van der Waals surface area contributed by atoms with Crippen molar-refractivity contribution in [3.8, 4) is 11.5 Å². The Morgan fingerprint density at radius 1 is 1.16 bits per heavy atom. The highest BCUT2D eigenvalue weighted by Gasteiger charge is 2.21. The molecule has 5 nitrogen and oxygen atoms in total. The summed E-state index contributed by atoms with van der Waals surface area (Å²) in [6, 6.07) is 10.0. The number of nitrogens with one attached hydrogen (secondary N) is 1. The average molecular weight is 382 g/mol. The normalized spacial score (nSPS) is 14.0.